The molecule has 0 amide bonds. The molecule has 0 atom stereocenters. The molecule has 1 heterocycles. The lowest BCUT2D eigenvalue weighted by atomic mass is 10.1. The fraction of sp³-hybridized carbons (Fsp3) is 0.211. The zero-order chi connectivity index (χ0) is 17.8. The maximum absolute atomic E-state index is 5.96. The van der Waals surface area contributed by atoms with Crippen molar-refractivity contribution in [2.45, 2.75) is 27.4 Å². The number of nitrogens with one attached hydrogen (secondary N) is 1. The molecule has 0 spiro atoms. The molecule has 2 aromatic carbocycles. The molecule has 0 radical (unpaired) electrons. The highest BCUT2D eigenvalue weighted by atomic mass is 32.1. The second-order valence-corrected chi connectivity index (χ2v) is 6.31. The standard InChI is InChI=1S/C19H20N4OS/c1-13-6-4-9-16(10-13)11-20-23-17(21-22-19(23)25)12-24-18-14(2)7-5-8-15(18)3/h4-11H,12H2,1-3H3,(H,22,25)/b20-11-. The average molecular weight is 352 g/mol. The third-order valence-electron chi connectivity index (χ3n) is 3.84. The Balaban J connectivity index is 1.81. The predicted octanol–water partition coefficient (Wildman–Crippen LogP) is 4.33. The van der Waals surface area contributed by atoms with Gasteiger partial charge in [-0.3, -0.25) is 0 Å². The molecule has 128 valence electrons. The highest BCUT2D eigenvalue weighted by Crippen LogP contribution is 2.23. The van der Waals surface area contributed by atoms with Crippen molar-refractivity contribution in [3.8, 4) is 5.75 Å². The number of rotatable bonds is 5. The van der Waals surface area contributed by atoms with Crippen molar-refractivity contribution in [1.82, 2.24) is 14.9 Å². The van der Waals surface area contributed by atoms with E-state index in [0.717, 1.165) is 22.4 Å². The van der Waals surface area contributed by atoms with Gasteiger partial charge in [-0.25, -0.2) is 5.10 Å². The summed E-state index contributed by atoms with van der Waals surface area (Å²) in [6.07, 6.45) is 1.76. The smallest absolute Gasteiger partial charge is 0.216 e. The Kier molecular flexibility index (Phi) is 5.09. The first-order chi connectivity index (χ1) is 12.0. The molecule has 3 rings (SSSR count). The van der Waals surface area contributed by atoms with E-state index in [1.807, 2.05) is 57.2 Å². The molecule has 0 saturated heterocycles. The Morgan fingerprint density at radius 1 is 1.16 bits per heavy atom. The second kappa shape index (κ2) is 7.44. The van der Waals surface area contributed by atoms with Gasteiger partial charge in [0.05, 0.1) is 6.21 Å². The Morgan fingerprint density at radius 2 is 1.88 bits per heavy atom. The van der Waals surface area contributed by atoms with Crippen molar-refractivity contribution in [1.29, 1.82) is 0 Å². The van der Waals surface area contributed by atoms with Gasteiger partial charge in [0, 0.05) is 0 Å². The first kappa shape index (κ1) is 17.1. The summed E-state index contributed by atoms with van der Waals surface area (Å²) >= 11 is 5.27. The van der Waals surface area contributed by atoms with E-state index in [-0.39, 0.29) is 6.61 Å². The van der Waals surface area contributed by atoms with Gasteiger partial charge in [-0.2, -0.15) is 14.9 Å². The van der Waals surface area contributed by atoms with Crippen LogP contribution in [0.25, 0.3) is 0 Å². The first-order valence-corrected chi connectivity index (χ1v) is 8.42. The third kappa shape index (κ3) is 4.03. The van der Waals surface area contributed by atoms with Crippen molar-refractivity contribution >= 4 is 18.4 Å². The molecule has 5 nitrogen and oxygen atoms in total. The van der Waals surface area contributed by atoms with Gasteiger partial charge >= 0.3 is 0 Å². The summed E-state index contributed by atoms with van der Waals surface area (Å²) in [4.78, 5) is 0. The Hall–Kier alpha value is -2.73. The van der Waals surface area contributed by atoms with Crippen molar-refractivity contribution in [2.24, 2.45) is 5.10 Å². The topological polar surface area (TPSA) is 55.2 Å². The number of hydrogen-bond donors (Lipinski definition) is 1. The van der Waals surface area contributed by atoms with E-state index < -0.39 is 0 Å². The minimum Gasteiger partial charge on any atom is -0.485 e. The molecule has 0 bridgehead atoms. The van der Waals surface area contributed by atoms with Crippen molar-refractivity contribution < 1.29 is 4.74 Å². The maximum Gasteiger partial charge on any atom is 0.216 e. The number of nitrogens with zero attached hydrogens (tertiary/aromatic N) is 3. The van der Waals surface area contributed by atoms with Gasteiger partial charge in [0.1, 0.15) is 12.4 Å². The molecule has 0 aliphatic rings. The highest BCUT2D eigenvalue weighted by Gasteiger charge is 2.09. The molecule has 6 heteroatoms. The number of ether oxygens (including phenoxy) is 1. The zero-order valence-corrected chi connectivity index (χ0v) is 15.3. The van der Waals surface area contributed by atoms with Crippen LogP contribution in [0.4, 0.5) is 0 Å². The van der Waals surface area contributed by atoms with E-state index in [2.05, 4.69) is 21.4 Å². The number of aryl methyl sites for hydroxylation is 3. The van der Waals surface area contributed by atoms with Gasteiger partial charge in [-0.05, 0) is 49.7 Å². The quantitative estimate of drug-likeness (QED) is 0.549. The molecular formula is C19H20N4OS. The molecule has 25 heavy (non-hydrogen) atoms. The van der Waals surface area contributed by atoms with Crippen LogP contribution < -0.4 is 4.74 Å². The largest absolute Gasteiger partial charge is 0.485 e. The number of benzene rings is 2. The van der Waals surface area contributed by atoms with E-state index in [1.54, 1.807) is 10.9 Å². The summed E-state index contributed by atoms with van der Waals surface area (Å²) in [6.45, 7) is 6.37. The van der Waals surface area contributed by atoms with Gasteiger partial charge in [-0.15, -0.1) is 0 Å². The van der Waals surface area contributed by atoms with Crippen molar-refractivity contribution in [2.75, 3.05) is 0 Å². The van der Waals surface area contributed by atoms with Gasteiger partial charge in [0.25, 0.3) is 0 Å². The fourth-order valence-electron chi connectivity index (χ4n) is 2.58. The van der Waals surface area contributed by atoms with Crippen LogP contribution in [0.2, 0.25) is 0 Å². The van der Waals surface area contributed by atoms with Gasteiger partial charge in [0.15, 0.2) is 5.82 Å². The molecule has 0 saturated carbocycles. The van der Waals surface area contributed by atoms with Crippen LogP contribution in [-0.4, -0.2) is 21.1 Å². The molecule has 1 aromatic heterocycles. The van der Waals surface area contributed by atoms with Crippen LogP contribution in [-0.2, 0) is 6.61 Å². The average Bonchev–Trinajstić information content (AvgIpc) is 2.93. The lowest BCUT2D eigenvalue weighted by Gasteiger charge is -2.11. The second-order valence-electron chi connectivity index (χ2n) is 5.93. The van der Waals surface area contributed by atoms with Gasteiger partial charge < -0.3 is 4.74 Å². The molecule has 0 aliphatic heterocycles. The van der Waals surface area contributed by atoms with Crippen LogP contribution in [0.5, 0.6) is 5.75 Å². The Bertz CT molecular complexity index is 951. The zero-order valence-electron chi connectivity index (χ0n) is 14.5. The monoisotopic (exact) mass is 352 g/mol. The van der Waals surface area contributed by atoms with E-state index in [0.29, 0.717) is 10.6 Å². The minimum absolute atomic E-state index is 0.282. The summed E-state index contributed by atoms with van der Waals surface area (Å²) in [5, 5.41) is 11.4. The van der Waals surface area contributed by atoms with Crippen LogP contribution in [0.15, 0.2) is 47.6 Å². The third-order valence-corrected chi connectivity index (χ3v) is 4.10. The van der Waals surface area contributed by atoms with Crippen LogP contribution in [0.1, 0.15) is 28.1 Å². The summed E-state index contributed by atoms with van der Waals surface area (Å²) in [7, 11) is 0. The Labute approximate surface area is 152 Å². The number of H-pyrrole nitrogens is 1. The number of aromatic nitrogens is 3. The summed E-state index contributed by atoms with van der Waals surface area (Å²) in [6, 6.07) is 14.2. The van der Waals surface area contributed by atoms with E-state index in [1.165, 1.54) is 5.56 Å². The van der Waals surface area contributed by atoms with E-state index in [4.69, 9.17) is 17.0 Å². The molecule has 1 N–H and O–H groups in total. The van der Waals surface area contributed by atoms with Crippen LogP contribution in [0.3, 0.4) is 0 Å². The first-order valence-electron chi connectivity index (χ1n) is 8.01. The lowest BCUT2D eigenvalue weighted by molar-refractivity contribution is 0.287. The van der Waals surface area contributed by atoms with Crippen molar-refractivity contribution in [3.63, 3.8) is 0 Å². The molecular weight excluding hydrogens is 332 g/mol. The lowest BCUT2D eigenvalue weighted by Crippen LogP contribution is -2.05. The minimum atomic E-state index is 0.282. The van der Waals surface area contributed by atoms with E-state index >= 15 is 0 Å². The summed E-state index contributed by atoms with van der Waals surface area (Å²) < 4.78 is 7.98. The maximum atomic E-state index is 5.96. The summed E-state index contributed by atoms with van der Waals surface area (Å²) in [5.41, 5.74) is 4.36. The van der Waals surface area contributed by atoms with E-state index in [9.17, 15) is 0 Å². The normalized spacial score (nSPS) is 11.2. The van der Waals surface area contributed by atoms with Crippen LogP contribution >= 0.6 is 12.2 Å². The molecule has 0 aliphatic carbocycles. The van der Waals surface area contributed by atoms with Gasteiger partial charge in [-0.1, -0.05) is 48.0 Å². The SMILES string of the molecule is Cc1cccc(/C=N\n2c(COc3c(C)cccc3C)n[nH]c2=S)c1. The summed E-state index contributed by atoms with van der Waals surface area (Å²) in [5.74, 6) is 1.49. The fourth-order valence-corrected chi connectivity index (χ4v) is 2.77. The molecule has 0 unspecified atom stereocenters. The predicted molar refractivity (Wildman–Crippen MR) is 102 cm³/mol. The molecule has 3 aromatic rings. The number of aromatic amines is 1. The Morgan fingerprint density at radius 3 is 2.60 bits per heavy atom. The highest BCUT2D eigenvalue weighted by molar-refractivity contribution is 7.71. The number of para-hydroxylation sites is 1. The van der Waals surface area contributed by atoms with Gasteiger partial charge in [0.2, 0.25) is 4.77 Å². The molecule has 0 fully saturated rings. The van der Waals surface area contributed by atoms with Crippen LogP contribution in [0, 0.1) is 25.5 Å². The number of hydrogen-bond acceptors (Lipinski definition) is 4. The van der Waals surface area contributed by atoms with Crippen molar-refractivity contribution in [3.05, 3.63) is 75.3 Å².